The third kappa shape index (κ3) is 4.25. The van der Waals surface area contributed by atoms with E-state index in [9.17, 15) is 4.79 Å². The molecule has 1 aromatic heterocycles. The average molecular weight is 346 g/mol. The van der Waals surface area contributed by atoms with Crippen LogP contribution in [0.5, 0.6) is 0 Å². The molecule has 0 spiro atoms. The normalized spacial score (nSPS) is 11.7. The first-order valence-electron chi connectivity index (χ1n) is 8.57. The fourth-order valence-corrected chi connectivity index (χ4v) is 2.59. The minimum absolute atomic E-state index is 0.0979. The summed E-state index contributed by atoms with van der Waals surface area (Å²) < 4.78 is 0. The van der Waals surface area contributed by atoms with Crippen LogP contribution in [0.15, 0.2) is 60.7 Å². The lowest BCUT2D eigenvalue weighted by Crippen LogP contribution is -2.15. The molecular formula is C21H22N4O. The summed E-state index contributed by atoms with van der Waals surface area (Å²) in [6.07, 6.45) is 0. The van der Waals surface area contributed by atoms with Gasteiger partial charge in [-0.2, -0.15) is 0 Å². The highest BCUT2D eigenvalue weighted by atomic mass is 16.1. The minimum Gasteiger partial charge on any atom is -0.362 e. The number of amides is 1. The quantitative estimate of drug-likeness (QED) is 0.713. The van der Waals surface area contributed by atoms with E-state index < -0.39 is 0 Å². The number of benzene rings is 2. The van der Waals surface area contributed by atoms with Gasteiger partial charge in [0.05, 0.1) is 0 Å². The molecule has 0 bridgehead atoms. The van der Waals surface area contributed by atoms with Crippen molar-refractivity contribution < 1.29 is 4.79 Å². The molecule has 3 rings (SSSR count). The summed E-state index contributed by atoms with van der Waals surface area (Å²) in [5, 5.41) is 14.3. The van der Waals surface area contributed by atoms with Crippen molar-refractivity contribution in [2.45, 2.75) is 26.8 Å². The number of hydrogen-bond donors (Lipinski definition) is 2. The Morgan fingerprint density at radius 3 is 2.35 bits per heavy atom. The van der Waals surface area contributed by atoms with Crippen LogP contribution in [0, 0.1) is 13.8 Å². The topological polar surface area (TPSA) is 66.9 Å². The molecule has 132 valence electrons. The second-order valence-electron chi connectivity index (χ2n) is 6.33. The van der Waals surface area contributed by atoms with Gasteiger partial charge in [-0.15, -0.1) is 10.2 Å². The zero-order valence-electron chi connectivity index (χ0n) is 15.2. The largest absolute Gasteiger partial charge is 0.362 e. The molecule has 0 saturated heterocycles. The molecule has 0 saturated carbocycles. The summed E-state index contributed by atoms with van der Waals surface area (Å²) in [5.41, 5.74) is 4.50. The van der Waals surface area contributed by atoms with E-state index in [1.165, 1.54) is 5.56 Å². The van der Waals surface area contributed by atoms with Gasteiger partial charge < -0.3 is 10.6 Å². The van der Waals surface area contributed by atoms with Crippen LogP contribution in [-0.4, -0.2) is 16.1 Å². The van der Waals surface area contributed by atoms with Crippen LogP contribution < -0.4 is 10.6 Å². The molecule has 0 aliphatic heterocycles. The zero-order valence-corrected chi connectivity index (χ0v) is 15.2. The Kier molecular flexibility index (Phi) is 5.27. The Morgan fingerprint density at radius 1 is 0.923 bits per heavy atom. The van der Waals surface area contributed by atoms with Crippen LogP contribution in [0.3, 0.4) is 0 Å². The van der Waals surface area contributed by atoms with E-state index >= 15 is 0 Å². The Bertz CT molecular complexity index is 892. The predicted octanol–water partition coefficient (Wildman–Crippen LogP) is 4.52. The van der Waals surface area contributed by atoms with Gasteiger partial charge in [0, 0.05) is 11.7 Å². The van der Waals surface area contributed by atoms with Crippen LogP contribution in [-0.2, 0) is 0 Å². The number of aromatic nitrogens is 2. The Hall–Kier alpha value is -3.21. The van der Waals surface area contributed by atoms with Crippen molar-refractivity contribution in [3.63, 3.8) is 0 Å². The summed E-state index contributed by atoms with van der Waals surface area (Å²) in [4.78, 5) is 12.3. The number of carbonyl (C=O) groups is 1. The standard InChI is InChI=1S/C21H22N4O/c1-14-9-10-18(13-15(14)2)23-21(26)19-11-12-20(25-24-19)22-16(3)17-7-5-4-6-8-17/h4-13,16H,1-3H3,(H,22,25)(H,23,26). The molecule has 0 fully saturated rings. The van der Waals surface area contributed by atoms with Crippen molar-refractivity contribution in [1.29, 1.82) is 0 Å². The first kappa shape index (κ1) is 17.6. The van der Waals surface area contributed by atoms with Crippen LogP contribution in [0.1, 0.15) is 40.1 Å². The molecule has 1 unspecified atom stereocenters. The van der Waals surface area contributed by atoms with Crippen molar-refractivity contribution in [2.75, 3.05) is 10.6 Å². The molecule has 5 heteroatoms. The number of rotatable bonds is 5. The molecule has 2 N–H and O–H groups in total. The van der Waals surface area contributed by atoms with E-state index in [1.54, 1.807) is 12.1 Å². The van der Waals surface area contributed by atoms with Gasteiger partial charge in [-0.05, 0) is 61.7 Å². The SMILES string of the molecule is Cc1ccc(NC(=O)c2ccc(NC(C)c3ccccc3)nn2)cc1C. The summed E-state index contributed by atoms with van der Waals surface area (Å²) >= 11 is 0. The summed E-state index contributed by atoms with van der Waals surface area (Å²) in [6.45, 7) is 6.10. The predicted molar refractivity (Wildman–Crippen MR) is 104 cm³/mol. The van der Waals surface area contributed by atoms with Crippen LogP contribution in [0.2, 0.25) is 0 Å². The average Bonchev–Trinajstić information content (AvgIpc) is 2.66. The highest BCUT2D eigenvalue weighted by molar-refractivity contribution is 6.02. The maximum atomic E-state index is 12.3. The highest BCUT2D eigenvalue weighted by Crippen LogP contribution is 2.18. The van der Waals surface area contributed by atoms with Gasteiger partial charge in [-0.1, -0.05) is 36.4 Å². The third-order valence-electron chi connectivity index (χ3n) is 4.33. The van der Waals surface area contributed by atoms with Gasteiger partial charge >= 0.3 is 0 Å². The van der Waals surface area contributed by atoms with Crippen molar-refractivity contribution in [1.82, 2.24) is 10.2 Å². The van der Waals surface area contributed by atoms with Crippen molar-refractivity contribution in [2.24, 2.45) is 0 Å². The van der Waals surface area contributed by atoms with Crippen LogP contribution >= 0.6 is 0 Å². The van der Waals surface area contributed by atoms with Crippen LogP contribution in [0.25, 0.3) is 0 Å². The van der Waals surface area contributed by atoms with E-state index in [2.05, 4.69) is 39.9 Å². The van der Waals surface area contributed by atoms with E-state index in [1.807, 2.05) is 50.2 Å². The van der Waals surface area contributed by atoms with Gasteiger partial charge in [0.2, 0.25) is 0 Å². The lowest BCUT2D eigenvalue weighted by Gasteiger charge is -2.14. The van der Waals surface area contributed by atoms with Crippen molar-refractivity contribution in [3.05, 3.63) is 83.0 Å². The Labute approximate surface area is 153 Å². The smallest absolute Gasteiger partial charge is 0.276 e. The van der Waals surface area contributed by atoms with E-state index in [0.717, 1.165) is 16.8 Å². The molecular weight excluding hydrogens is 324 g/mol. The zero-order chi connectivity index (χ0) is 18.5. The molecule has 0 aliphatic carbocycles. The Morgan fingerprint density at radius 2 is 1.69 bits per heavy atom. The fraction of sp³-hybridized carbons (Fsp3) is 0.190. The summed E-state index contributed by atoms with van der Waals surface area (Å²) in [6, 6.07) is 19.4. The summed E-state index contributed by atoms with van der Waals surface area (Å²) in [7, 11) is 0. The molecule has 5 nitrogen and oxygen atoms in total. The fourth-order valence-electron chi connectivity index (χ4n) is 2.59. The number of aryl methyl sites for hydroxylation is 2. The second-order valence-corrected chi connectivity index (χ2v) is 6.33. The molecule has 2 aromatic carbocycles. The minimum atomic E-state index is -0.275. The first-order chi connectivity index (χ1) is 12.5. The monoisotopic (exact) mass is 346 g/mol. The van der Waals surface area contributed by atoms with Gasteiger partial charge in [0.15, 0.2) is 5.69 Å². The van der Waals surface area contributed by atoms with E-state index in [0.29, 0.717) is 5.82 Å². The van der Waals surface area contributed by atoms with E-state index in [4.69, 9.17) is 0 Å². The third-order valence-corrected chi connectivity index (χ3v) is 4.33. The lowest BCUT2D eigenvalue weighted by molar-refractivity contribution is 0.102. The van der Waals surface area contributed by atoms with Gasteiger partial charge in [0.25, 0.3) is 5.91 Å². The molecule has 1 atom stereocenters. The summed E-state index contributed by atoms with van der Waals surface area (Å²) in [5.74, 6) is 0.354. The number of nitrogens with zero attached hydrogens (tertiary/aromatic N) is 2. The number of hydrogen-bond acceptors (Lipinski definition) is 4. The van der Waals surface area contributed by atoms with Crippen molar-refractivity contribution >= 4 is 17.4 Å². The maximum Gasteiger partial charge on any atom is 0.276 e. The van der Waals surface area contributed by atoms with Gasteiger partial charge in [-0.3, -0.25) is 4.79 Å². The molecule has 0 radical (unpaired) electrons. The van der Waals surface area contributed by atoms with Gasteiger partial charge in [0.1, 0.15) is 5.82 Å². The van der Waals surface area contributed by atoms with Crippen LogP contribution in [0.4, 0.5) is 11.5 Å². The Balaban J connectivity index is 1.65. The maximum absolute atomic E-state index is 12.3. The molecule has 1 heterocycles. The van der Waals surface area contributed by atoms with E-state index in [-0.39, 0.29) is 17.6 Å². The van der Waals surface area contributed by atoms with Crippen molar-refractivity contribution in [3.8, 4) is 0 Å². The first-order valence-corrected chi connectivity index (χ1v) is 8.57. The molecule has 0 aliphatic rings. The number of anilines is 2. The number of carbonyl (C=O) groups excluding carboxylic acids is 1. The number of nitrogens with one attached hydrogen (secondary N) is 2. The van der Waals surface area contributed by atoms with Gasteiger partial charge in [-0.25, -0.2) is 0 Å². The lowest BCUT2D eigenvalue weighted by atomic mass is 10.1. The second kappa shape index (κ2) is 7.78. The molecule has 26 heavy (non-hydrogen) atoms. The molecule has 3 aromatic rings. The highest BCUT2D eigenvalue weighted by Gasteiger charge is 2.11. The molecule has 1 amide bonds.